The van der Waals surface area contributed by atoms with Gasteiger partial charge < -0.3 is 5.11 Å². The van der Waals surface area contributed by atoms with Crippen molar-refractivity contribution in [3.63, 3.8) is 0 Å². The van der Waals surface area contributed by atoms with Crippen LogP contribution in [0.4, 0.5) is 0 Å². The van der Waals surface area contributed by atoms with E-state index >= 15 is 0 Å². The van der Waals surface area contributed by atoms with Crippen molar-refractivity contribution in [2.75, 3.05) is 0 Å². The monoisotopic (exact) mass is 266 g/mol. The zero-order chi connectivity index (χ0) is 12.3. The SMILES string of the molecule is CCC(O)c1ccc(Sc2nnc(C)s2)cc1. The molecule has 0 saturated heterocycles. The number of aliphatic hydroxyl groups excluding tert-OH is 1. The fourth-order valence-corrected chi connectivity index (χ4v) is 3.20. The van der Waals surface area contributed by atoms with Gasteiger partial charge in [-0.25, -0.2) is 0 Å². The summed E-state index contributed by atoms with van der Waals surface area (Å²) in [7, 11) is 0. The molecule has 0 radical (unpaired) electrons. The molecule has 1 N–H and O–H groups in total. The van der Waals surface area contributed by atoms with Crippen LogP contribution in [-0.4, -0.2) is 15.3 Å². The van der Waals surface area contributed by atoms with Crippen LogP contribution in [0.3, 0.4) is 0 Å². The summed E-state index contributed by atoms with van der Waals surface area (Å²) < 4.78 is 0.950. The molecule has 90 valence electrons. The van der Waals surface area contributed by atoms with Crippen molar-refractivity contribution in [3.8, 4) is 0 Å². The first-order valence-electron chi connectivity index (χ1n) is 5.45. The van der Waals surface area contributed by atoms with Crippen LogP contribution < -0.4 is 0 Å². The van der Waals surface area contributed by atoms with E-state index in [1.54, 1.807) is 23.1 Å². The minimum absolute atomic E-state index is 0.363. The topological polar surface area (TPSA) is 46.0 Å². The normalized spacial score (nSPS) is 12.6. The van der Waals surface area contributed by atoms with Crippen LogP contribution in [0, 0.1) is 6.92 Å². The zero-order valence-electron chi connectivity index (χ0n) is 9.75. The largest absolute Gasteiger partial charge is 0.388 e. The maximum atomic E-state index is 9.69. The Kier molecular flexibility index (Phi) is 4.15. The maximum Gasteiger partial charge on any atom is 0.179 e. The molecule has 1 heterocycles. The Morgan fingerprint density at radius 2 is 2.00 bits per heavy atom. The van der Waals surface area contributed by atoms with E-state index in [4.69, 9.17) is 0 Å². The lowest BCUT2D eigenvalue weighted by molar-refractivity contribution is 0.173. The van der Waals surface area contributed by atoms with Crippen molar-refractivity contribution in [1.29, 1.82) is 0 Å². The van der Waals surface area contributed by atoms with E-state index in [1.807, 2.05) is 38.1 Å². The number of aromatic nitrogens is 2. The third-order valence-corrected chi connectivity index (χ3v) is 4.26. The molecule has 0 aliphatic heterocycles. The average Bonchev–Trinajstić information content (AvgIpc) is 2.75. The van der Waals surface area contributed by atoms with Gasteiger partial charge in [-0.2, -0.15) is 0 Å². The van der Waals surface area contributed by atoms with Crippen molar-refractivity contribution < 1.29 is 5.11 Å². The molecule has 1 atom stereocenters. The lowest BCUT2D eigenvalue weighted by Crippen LogP contribution is -1.93. The Morgan fingerprint density at radius 1 is 1.29 bits per heavy atom. The van der Waals surface area contributed by atoms with E-state index in [1.165, 1.54) is 0 Å². The highest BCUT2D eigenvalue weighted by Gasteiger charge is 2.06. The Labute approximate surface area is 109 Å². The van der Waals surface area contributed by atoms with Gasteiger partial charge in [-0.05, 0) is 31.0 Å². The summed E-state index contributed by atoms with van der Waals surface area (Å²) >= 11 is 3.19. The summed E-state index contributed by atoms with van der Waals surface area (Å²) in [6, 6.07) is 7.94. The van der Waals surface area contributed by atoms with Gasteiger partial charge >= 0.3 is 0 Å². The standard InChI is InChI=1S/C12H14N2OS2/c1-3-11(15)9-4-6-10(7-5-9)17-12-14-13-8(2)16-12/h4-7,11,15H,3H2,1-2H3. The van der Waals surface area contributed by atoms with Gasteiger partial charge in [-0.15, -0.1) is 10.2 Å². The van der Waals surface area contributed by atoms with Crippen molar-refractivity contribution in [1.82, 2.24) is 10.2 Å². The molecule has 1 aromatic carbocycles. The van der Waals surface area contributed by atoms with Crippen LogP contribution in [0.15, 0.2) is 33.5 Å². The second kappa shape index (κ2) is 5.62. The van der Waals surface area contributed by atoms with E-state index in [9.17, 15) is 5.11 Å². The number of nitrogens with zero attached hydrogens (tertiary/aromatic N) is 2. The van der Waals surface area contributed by atoms with Crippen LogP contribution in [0.2, 0.25) is 0 Å². The number of aryl methyl sites for hydroxylation is 1. The predicted molar refractivity (Wildman–Crippen MR) is 70.5 cm³/mol. The number of benzene rings is 1. The number of aliphatic hydroxyl groups is 1. The Hall–Kier alpha value is -0.910. The van der Waals surface area contributed by atoms with Gasteiger partial charge in [0.1, 0.15) is 5.01 Å². The third-order valence-electron chi connectivity index (χ3n) is 2.36. The van der Waals surface area contributed by atoms with Gasteiger partial charge in [-0.3, -0.25) is 0 Å². The van der Waals surface area contributed by atoms with E-state index in [0.717, 1.165) is 26.2 Å². The van der Waals surface area contributed by atoms with Crippen molar-refractivity contribution >= 4 is 23.1 Å². The van der Waals surface area contributed by atoms with Gasteiger partial charge in [-0.1, -0.05) is 42.2 Å². The molecule has 17 heavy (non-hydrogen) atoms. The molecule has 0 fully saturated rings. The Bertz CT molecular complexity index is 482. The molecule has 5 heteroatoms. The third kappa shape index (κ3) is 3.28. The average molecular weight is 266 g/mol. The van der Waals surface area contributed by atoms with Gasteiger partial charge in [0.2, 0.25) is 0 Å². The van der Waals surface area contributed by atoms with Crippen molar-refractivity contribution in [2.45, 2.75) is 35.6 Å². The lowest BCUT2D eigenvalue weighted by atomic mass is 10.1. The van der Waals surface area contributed by atoms with E-state index in [0.29, 0.717) is 0 Å². The smallest absolute Gasteiger partial charge is 0.179 e. The second-order valence-corrected chi connectivity index (χ2v) is 6.18. The highest BCUT2D eigenvalue weighted by Crippen LogP contribution is 2.30. The maximum absolute atomic E-state index is 9.69. The molecule has 0 amide bonds. The van der Waals surface area contributed by atoms with Gasteiger partial charge in [0.25, 0.3) is 0 Å². The number of hydrogen-bond acceptors (Lipinski definition) is 5. The molecule has 0 aliphatic rings. The number of hydrogen-bond donors (Lipinski definition) is 1. The van der Waals surface area contributed by atoms with Gasteiger partial charge in [0.05, 0.1) is 6.10 Å². The van der Waals surface area contributed by atoms with E-state index in [2.05, 4.69) is 10.2 Å². The summed E-state index contributed by atoms with van der Waals surface area (Å²) in [5.41, 5.74) is 0.963. The van der Waals surface area contributed by atoms with Crippen LogP contribution >= 0.6 is 23.1 Å². The molecule has 2 rings (SSSR count). The fraction of sp³-hybridized carbons (Fsp3) is 0.333. The van der Waals surface area contributed by atoms with Crippen LogP contribution in [0.25, 0.3) is 0 Å². The highest BCUT2D eigenvalue weighted by molar-refractivity contribution is 8.01. The minimum atomic E-state index is -0.363. The van der Waals surface area contributed by atoms with Gasteiger partial charge in [0.15, 0.2) is 4.34 Å². The van der Waals surface area contributed by atoms with Crippen LogP contribution in [0.1, 0.15) is 30.0 Å². The highest BCUT2D eigenvalue weighted by atomic mass is 32.2. The fourth-order valence-electron chi connectivity index (χ4n) is 1.41. The molecular formula is C12H14N2OS2. The summed E-state index contributed by atoms with van der Waals surface area (Å²) in [5, 5.41) is 18.7. The number of rotatable bonds is 4. The summed E-state index contributed by atoms with van der Waals surface area (Å²) in [4.78, 5) is 1.12. The molecule has 0 spiro atoms. The van der Waals surface area contributed by atoms with Crippen LogP contribution in [-0.2, 0) is 0 Å². The first-order valence-corrected chi connectivity index (χ1v) is 7.08. The first kappa shape index (κ1) is 12.5. The molecule has 2 aromatic rings. The Balaban J connectivity index is 2.08. The van der Waals surface area contributed by atoms with Crippen molar-refractivity contribution in [2.24, 2.45) is 0 Å². The predicted octanol–water partition coefficient (Wildman–Crippen LogP) is 3.44. The zero-order valence-corrected chi connectivity index (χ0v) is 11.4. The molecule has 3 nitrogen and oxygen atoms in total. The quantitative estimate of drug-likeness (QED) is 0.920. The minimum Gasteiger partial charge on any atom is -0.388 e. The van der Waals surface area contributed by atoms with E-state index in [-0.39, 0.29) is 6.10 Å². The molecule has 0 bridgehead atoms. The summed E-state index contributed by atoms with van der Waals surface area (Å²) in [6.45, 7) is 3.92. The van der Waals surface area contributed by atoms with Crippen LogP contribution in [0.5, 0.6) is 0 Å². The summed E-state index contributed by atoms with van der Waals surface area (Å²) in [5.74, 6) is 0. The molecule has 1 unspecified atom stereocenters. The molecular weight excluding hydrogens is 252 g/mol. The first-order chi connectivity index (χ1) is 8.19. The van der Waals surface area contributed by atoms with E-state index < -0.39 is 0 Å². The lowest BCUT2D eigenvalue weighted by Gasteiger charge is -2.07. The van der Waals surface area contributed by atoms with Gasteiger partial charge in [0, 0.05) is 4.90 Å². The van der Waals surface area contributed by atoms with Crippen molar-refractivity contribution in [3.05, 3.63) is 34.8 Å². The summed E-state index contributed by atoms with van der Waals surface area (Å²) in [6.07, 6.45) is 0.375. The molecule has 0 aliphatic carbocycles. The molecule has 1 aromatic heterocycles. The Morgan fingerprint density at radius 3 is 2.53 bits per heavy atom. The molecule has 0 saturated carbocycles. The second-order valence-electron chi connectivity index (χ2n) is 3.68.